The zero-order valence-corrected chi connectivity index (χ0v) is 8.13. The number of benzene rings is 1. The summed E-state index contributed by atoms with van der Waals surface area (Å²) in [6.45, 7) is 5.53. The molecule has 0 aliphatic carbocycles. The molecule has 0 radical (unpaired) electrons. The highest BCUT2D eigenvalue weighted by atomic mass is 16.3. The largest absolute Gasteiger partial charge is 0.507 e. The molecule has 0 aliphatic heterocycles. The van der Waals surface area contributed by atoms with Crippen molar-refractivity contribution in [2.24, 2.45) is 0 Å². The number of rotatable bonds is 1. The van der Waals surface area contributed by atoms with Gasteiger partial charge < -0.3 is 5.11 Å². The SMILES string of the molecule is Cc1ccc(C)c(C(C)C#N)c1O. The highest BCUT2D eigenvalue weighted by molar-refractivity contribution is 5.48. The normalized spacial score (nSPS) is 12.2. The Bertz CT molecular complexity index is 363. The maximum absolute atomic E-state index is 9.73. The highest BCUT2D eigenvalue weighted by Crippen LogP contribution is 2.31. The Balaban J connectivity index is 3.35. The molecule has 1 aromatic rings. The van der Waals surface area contributed by atoms with E-state index in [-0.39, 0.29) is 11.7 Å². The molecule has 13 heavy (non-hydrogen) atoms. The average molecular weight is 175 g/mol. The first-order valence-electron chi connectivity index (χ1n) is 4.26. The Morgan fingerprint density at radius 2 is 1.85 bits per heavy atom. The van der Waals surface area contributed by atoms with E-state index in [0.29, 0.717) is 0 Å². The van der Waals surface area contributed by atoms with Gasteiger partial charge in [0, 0.05) is 5.56 Å². The second kappa shape index (κ2) is 3.49. The third-order valence-corrected chi connectivity index (χ3v) is 2.26. The molecule has 68 valence electrons. The van der Waals surface area contributed by atoms with Crippen molar-refractivity contribution in [2.45, 2.75) is 26.7 Å². The highest BCUT2D eigenvalue weighted by Gasteiger charge is 2.13. The van der Waals surface area contributed by atoms with E-state index in [1.165, 1.54) is 0 Å². The van der Waals surface area contributed by atoms with Crippen molar-refractivity contribution >= 4 is 0 Å². The second-order valence-corrected chi connectivity index (χ2v) is 3.31. The summed E-state index contributed by atoms with van der Waals surface area (Å²) in [6.07, 6.45) is 0. The van der Waals surface area contributed by atoms with E-state index < -0.39 is 0 Å². The van der Waals surface area contributed by atoms with Gasteiger partial charge in [-0.2, -0.15) is 5.26 Å². The molecule has 0 saturated heterocycles. The van der Waals surface area contributed by atoms with Gasteiger partial charge in [0.2, 0.25) is 0 Å². The van der Waals surface area contributed by atoms with Crippen molar-refractivity contribution in [2.75, 3.05) is 0 Å². The Hall–Kier alpha value is -1.49. The van der Waals surface area contributed by atoms with Crippen LogP contribution in [0, 0.1) is 25.2 Å². The van der Waals surface area contributed by atoms with Gasteiger partial charge in [-0.05, 0) is 31.9 Å². The molecular formula is C11H13NO. The molecule has 1 atom stereocenters. The fourth-order valence-electron chi connectivity index (χ4n) is 1.43. The molecule has 2 nitrogen and oxygen atoms in total. The standard InChI is InChI=1S/C11H13NO/c1-7-4-5-8(2)11(13)10(7)9(3)6-12/h4-5,9,13H,1-3H3. The van der Waals surface area contributed by atoms with Gasteiger partial charge in [-0.25, -0.2) is 0 Å². The molecule has 1 unspecified atom stereocenters. The lowest BCUT2D eigenvalue weighted by molar-refractivity contribution is 0.462. The van der Waals surface area contributed by atoms with Crippen molar-refractivity contribution in [3.63, 3.8) is 0 Å². The van der Waals surface area contributed by atoms with Crippen LogP contribution in [-0.2, 0) is 0 Å². The van der Waals surface area contributed by atoms with E-state index in [1.54, 1.807) is 6.92 Å². The summed E-state index contributed by atoms with van der Waals surface area (Å²) >= 11 is 0. The Morgan fingerprint density at radius 3 is 2.38 bits per heavy atom. The molecular weight excluding hydrogens is 162 g/mol. The zero-order valence-electron chi connectivity index (χ0n) is 8.13. The van der Waals surface area contributed by atoms with Crippen LogP contribution in [0.25, 0.3) is 0 Å². The molecule has 0 heterocycles. The first-order valence-corrected chi connectivity index (χ1v) is 4.26. The van der Waals surface area contributed by atoms with Crippen LogP contribution in [0.3, 0.4) is 0 Å². The van der Waals surface area contributed by atoms with Crippen LogP contribution in [0.2, 0.25) is 0 Å². The third-order valence-electron chi connectivity index (χ3n) is 2.26. The Labute approximate surface area is 78.4 Å². The van der Waals surface area contributed by atoms with Crippen molar-refractivity contribution in [1.29, 1.82) is 5.26 Å². The Morgan fingerprint density at radius 1 is 1.31 bits per heavy atom. The van der Waals surface area contributed by atoms with Crippen LogP contribution < -0.4 is 0 Å². The Kier molecular flexibility index (Phi) is 2.57. The number of nitriles is 1. The van der Waals surface area contributed by atoms with Crippen LogP contribution in [0.1, 0.15) is 29.5 Å². The summed E-state index contributed by atoms with van der Waals surface area (Å²) in [5, 5.41) is 18.5. The van der Waals surface area contributed by atoms with Gasteiger partial charge in [-0.3, -0.25) is 0 Å². The maximum Gasteiger partial charge on any atom is 0.123 e. The second-order valence-electron chi connectivity index (χ2n) is 3.31. The van der Waals surface area contributed by atoms with E-state index in [2.05, 4.69) is 6.07 Å². The molecule has 1 rings (SSSR count). The monoisotopic (exact) mass is 175 g/mol. The van der Waals surface area contributed by atoms with Gasteiger partial charge in [0.15, 0.2) is 0 Å². The molecule has 1 aromatic carbocycles. The summed E-state index contributed by atoms with van der Waals surface area (Å²) in [5.41, 5.74) is 2.54. The van der Waals surface area contributed by atoms with Crippen molar-refractivity contribution in [3.05, 3.63) is 28.8 Å². The van der Waals surface area contributed by atoms with Gasteiger partial charge in [0.1, 0.15) is 5.75 Å². The van der Waals surface area contributed by atoms with Gasteiger partial charge in [0.25, 0.3) is 0 Å². The van der Waals surface area contributed by atoms with Crippen molar-refractivity contribution in [1.82, 2.24) is 0 Å². The number of phenolic OH excluding ortho intramolecular Hbond substituents is 1. The molecule has 1 N–H and O–H groups in total. The van der Waals surface area contributed by atoms with Gasteiger partial charge in [0.05, 0.1) is 12.0 Å². The molecule has 0 aromatic heterocycles. The van der Waals surface area contributed by atoms with E-state index in [4.69, 9.17) is 5.26 Å². The fraction of sp³-hybridized carbons (Fsp3) is 0.364. The molecule has 0 bridgehead atoms. The lowest BCUT2D eigenvalue weighted by Crippen LogP contribution is -1.95. The number of nitrogens with zero attached hydrogens (tertiary/aromatic N) is 1. The quantitative estimate of drug-likeness (QED) is 0.713. The summed E-state index contributed by atoms with van der Waals surface area (Å²) in [6, 6.07) is 5.92. The van der Waals surface area contributed by atoms with Crippen molar-refractivity contribution < 1.29 is 5.11 Å². The molecule has 2 heteroatoms. The average Bonchev–Trinajstić information content (AvgIpc) is 2.12. The lowest BCUT2D eigenvalue weighted by atomic mass is 9.94. The van der Waals surface area contributed by atoms with Gasteiger partial charge in [-0.15, -0.1) is 0 Å². The lowest BCUT2D eigenvalue weighted by Gasteiger charge is -2.11. The van der Waals surface area contributed by atoms with Crippen molar-refractivity contribution in [3.8, 4) is 11.8 Å². The van der Waals surface area contributed by atoms with Crippen LogP contribution >= 0.6 is 0 Å². The zero-order chi connectivity index (χ0) is 10.0. The van der Waals surface area contributed by atoms with Crippen LogP contribution in [0.15, 0.2) is 12.1 Å². The smallest absolute Gasteiger partial charge is 0.123 e. The van der Waals surface area contributed by atoms with Crippen LogP contribution in [-0.4, -0.2) is 5.11 Å². The topological polar surface area (TPSA) is 44.0 Å². The molecule has 0 aliphatic rings. The first-order chi connectivity index (χ1) is 6.07. The molecule has 0 amide bonds. The number of hydrogen-bond acceptors (Lipinski definition) is 2. The minimum Gasteiger partial charge on any atom is -0.507 e. The summed E-state index contributed by atoms with van der Waals surface area (Å²) in [7, 11) is 0. The summed E-state index contributed by atoms with van der Waals surface area (Å²) < 4.78 is 0. The minimum atomic E-state index is -0.250. The number of hydrogen-bond donors (Lipinski definition) is 1. The van der Waals surface area contributed by atoms with Crippen LogP contribution in [0.4, 0.5) is 0 Å². The summed E-state index contributed by atoms with van der Waals surface area (Å²) in [5.74, 6) is 0.00829. The first kappa shape index (κ1) is 9.60. The molecule has 0 saturated carbocycles. The summed E-state index contributed by atoms with van der Waals surface area (Å²) in [4.78, 5) is 0. The minimum absolute atomic E-state index is 0.250. The third kappa shape index (κ3) is 1.65. The van der Waals surface area contributed by atoms with Gasteiger partial charge in [-0.1, -0.05) is 12.1 Å². The number of aryl methyl sites for hydroxylation is 2. The maximum atomic E-state index is 9.73. The van der Waals surface area contributed by atoms with E-state index in [0.717, 1.165) is 16.7 Å². The van der Waals surface area contributed by atoms with Gasteiger partial charge >= 0.3 is 0 Å². The molecule has 0 fully saturated rings. The predicted octanol–water partition coefficient (Wildman–Crippen LogP) is 2.64. The van der Waals surface area contributed by atoms with E-state index >= 15 is 0 Å². The predicted molar refractivity (Wildman–Crippen MR) is 51.6 cm³/mol. The number of phenols is 1. The number of aromatic hydroxyl groups is 1. The fourth-order valence-corrected chi connectivity index (χ4v) is 1.43. The molecule has 0 spiro atoms. The van der Waals surface area contributed by atoms with E-state index in [9.17, 15) is 5.11 Å². The van der Waals surface area contributed by atoms with E-state index in [1.807, 2.05) is 26.0 Å². The van der Waals surface area contributed by atoms with Crippen LogP contribution in [0.5, 0.6) is 5.75 Å².